The largest absolute Gasteiger partial charge is 0.350 e. The number of hydrogen-bond donors (Lipinski definition) is 2. The molecule has 0 radical (unpaired) electrons. The van der Waals surface area contributed by atoms with Crippen molar-refractivity contribution in [2.24, 2.45) is 5.73 Å². The average molecular weight is 579 g/mol. The van der Waals surface area contributed by atoms with Gasteiger partial charge in [-0.15, -0.1) is 0 Å². The van der Waals surface area contributed by atoms with Crippen molar-refractivity contribution in [1.29, 1.82) is 0 Å². The predicted molar refractivity (Wildman–Crippen MR) is 168 cm³/mol. The first kappa shape index (κ1) is 27.3. The van der Waals surface area contributed by atoms with Crippen LogP contribution in [0, 0.1) is 0 Å². The maximum Gasteiger partial charge on any atom is 0.253 e. The first-order valence-electron chi connectivity index (χ1n) is 15.3. The van der Waals surface area contributed by atoms with Crippen LogP contribution in [0.25, 0.3) is 22.2 Å². The summed E-state index contributed by atoms with van der Waals surface area (Å²) in [6.45, 7) is 8.16. The molecule has 1 amide bonds. The molecule has 7 rings (SSSR count). The third kappa shape index (κ3) is 5.29. The molecule has 0 saturated carbocycles. The second-order valence-corrected chi connectivity index (χ2v) is 12.0. The van der Waals surface area contributed by atoms with Crippen molar-refractivity contribution in [1.82, 2.24) is 34.3 Å². The molecule has 2 aliphatic rings. The Morgan fingerprint density at radius 3 is 2.63 bits per heavy atom. The van der Waals surface area contributed by atoms with Crippen LogP contribution in [0.4, 0.5) is 11.9 Å². The zero-order valence-electron chi connectivity index (χ0n) is 24.8. The molecule has 2 aliphatic heterocycles. The topological polar surface area (TPSA) is 122 Å². The van der Waals surface area contributed by atoms with Crippen molar-refractivity contribution >= 4 is 34.4 Å². The van der Waals surface area contributed by atoms with Crippen molar-refractivity contribution in [3.63, 3.8) is 0 Å². The lowest BCUT2D eigenvalue weighted by Gasteiger charge is -2.30. The van der Waals surface area contributed by atoms with Crippen LogP contribution >= 0.6 is 0 Å². The normalized spacial score (nSPS) is 16.2. The van der Waals surface area contributed by atoms with E-state index in [-0.39, 0.29) is 17.9 Å². The third-order valence-electron chi connectivity index (χ3n) is 8.65. The number of hydrogen-bond acceptors (Lipinski definition) is 8. The van der Waals surface area contributed by atoms with E-state index in [9.17, 15) is 4.79 Å². The maximum atomic E-state index is 13.0. The van der Waals surface area contributed by atoms with Crippen LogP contribution in [-0.4, -0.2) is 72.4 Å². The van der Waals surface area contributed by atoms with Gasteiger partial charge in [0.05, 0.1) is 17.4 Å². The van der Waals surface area contributed by atoms with Crippen LogP contribution in [0.2, 0.25) is 0 Å². The third-order valence-corrected chi connectivity index (χ3v) is 8.65. The quantitative estimate of drug-likeness (QED) is 0.292. The Labute approximate surface area is 250 Å². The SMILES string of the molecule is CC(C)c1cnn2c(NCc3ccccc3-n3cc4cc(C(=O)N5CCCC5)ccc4n3)nc(N3CCC(N)CC3)nc12. The van der Waals surface area contributed by atoms with Crippen molar-refractivity contribution in [3.05, 3.63) is 71.5 Å². The first-order chi connectivity index (χ1) is 20.9. The highest BCUT2D eigenvalue weighted by molar-refractivity contribution is 5.98. The van der Waals surface area contributed by atoms with Crippen LogP contribution < -0.4 is 16.0 Å². The fourth-order valence-electron chi connectivity index (χ4n) is 6.09. The van der Waals surface area contributed by atoms with E-state index in [1.165, 1.54) is 0 Å². The minimum atomic E-state index is 0.0962. The molecule has 2 aromatic carbocycles. The van der Waals surface area contributed by atoms with Crippen molar-refractivity contribution in [2.75, 3.05) is 36.4 Å². The Kier molecular flexibility index (Phi) is 7.18. The van der Waals surface area contributed by atoms with E-state index in [0.29, 0.717) is 24.0 Å². The number of benzene rings is 2. The van der Waals surface area contributed by atoms with Crippen molar-refractivity contribution < 1.29 is 4.79 Å². The number of rotatable bonds is 7. The average Bonchev–Trinajstić information content (AvgIpc) is 3.79. The number of amides is 1. The number of carbonyl (C=O) groups excluding carboxylic acids is 1. The number of nitrogens with one attached hydrogen (secondary N) is 1. The van der Waals surface area contributed by atoms with Gasteiger partial charge in [-0.25, -0.2) is 4.68 Å². The summed E-state index contributed by atoms with van der Waals surface area (Å²) in [6, 6.07) is 14.2. The Balaban J connectivity index is 1.18. The number of nitrogens with two attached hydrogens (primary N) is 1. The molecule has 11 heteroatoms. The molecule has 11 nitrogen and oxygen atoms in total. The summed E-state index contributed by atoms with van der Waals surface area (Å²) in [5, 5.41) is 14.0. The fourth-order valence-corrected chi connectivity index (χ4v) is 6.09. The standard InChI is InChI=1S/C32H38N10O/c1-21(2)26-19-35-42-29(26)36-32(40-15-11-25(33)12-16-40)37-31(42)34-18-23-7-3-4-8-28(23)41-20-24-17-22(9-10-27(24)38-41)30(43)39-13-5-6-14-39/h3-4,7-10,17,19-21,25H,5-6,11-16,18,33H2,1-2H3,(H,34,36,37). The van der Waals surface area contributed by atoms with Gasteiger partial charge in [0.25, 0.3) is 5.91 Å². The molecule has 5 aromatic rings. The Bertz CT molecular complexity index is 1780. The molecule has 3 aromatic heterocycles. The van der Waals surface area contributed by atoms with E-state index in [1.807, 2.05) is 52.3 Å². The number of carbonyl (C=O) groups is 1. The lowest BCUT2D eigenvalue weighted by atomic mass is 10.1. The van der Waals surface area contributed by atoms with Crippen molar-refractivity contribution in [2.45, 2.75) is 58.0 Å². The van der Waals surface area contributed by atoms with Gasteiger partial charge in [-0.2, -0.15) is 24.7 Å². The number of piperidine rings is 1. The molecule has 3 N–H and O–H groups in total. The number of nitrogens with zero attached hydrogens (tertiary/aromatic N) is 8. The Morgan fingerprint density at radius 1 is 1.05 bits per heavy atom. The maximum absolute atomic E-state index is 13.0. The van der Waals surface area contributed by atoms with E-state index < -0.39 is 0 Å². The van der Waals surface area contributed by atoms with Gasteiger partial charge >= 0.3 is 0 Å². The predicted octanol–water partition coefficient (Wildman–Crippen LogP) is 4.36. The first-order valence-corrected chi connectivity index (χ1v) is 15.3. The lowest BCUT2D eigenvalue weighted by molar-refractivity contribution is 0.0793. The molecule has 2 saturated heterocycles. The van der Waals surface area contributed by atoms with Gasteiger partial charge < -0.3 is 20.9 Å². The highest BCUT2D eigenvalue weighted by atomic mass is 16.2. The highest BCUT2D eigenvalue weighted by Gasteiger charge is 2.23. The molecule has 222 valence electrons. The number of anilines is 2. The van der Waals surface area contributed by atoms with Crippen LogP contribution in [0.15, 0.2) is 54.9 Å². The molecule has 0 aliphatic carbocycles. The van der Waals surface area contributed by atoms with Crippen molar-refractivity contribution in [3.8, 4) is 5.69 Å². The monoisotopic (exact) mass is 578 g/mol. The van der Waals surface area contributed by atoms with Gasteiger partial charge in [0.1, 0.15) is 0 Å². The van der Waals surface area contributed by atoms with Crippen LogP contribution in [0.3, 0.4) is 0 Å². The summed E-state index contributed by atoms with van der Waals surface area (Å²) in [7, 11) is 0. The minimum absolute atomic E-state index is 0.0962. The van der Waals surface area contributed by atoms with Crippen LogP contribution in [0.5, 0.6) is 0 Å². The number of aromatic nitrogens is 6. The summed E-state index contributed by atoms with van der Waals surface area (Å²) in [5.41, 5.74) is 11.7. The Morgan fingerprint density at radius 2 is 1.84 bits per heavy atom. The lowest BCUT2D eigenvalue weighted by Crippen LogP contribution is -2.40. The van der Waals surface area contributed by atoms with E-state index in [1.54, 1.807) is 4.52 Å². The summed E-state index contributed by atoms with van der Waals surface area (Å²) >= 11 is 0. The minimum Gasteiger partial charge on any atom is -0.350 e. The molecule has 0 bridgehead atoms. The molecular formula is C32H38N10O. The van der Waals surface area contributed by atoms with Gasteiger partial charge in [0.2, 0.25) is 11.9 Å². The van der Waals surface area contributed by atoms with Gasteiger partial charge in [0.15, 0.2) is 5.65 Å². The fraction of sp³-hybridized carbons (Fsp3) is 0.406. The summed E-state index contributed by atoms with van der Waals surface area (Å²) in [6.07, 6.45) is 7.89. The molecule has 5 heterocycles. The summed E-state index contributed by atoms with van der Waals surface area (Å²) < 4.78 is 3.70. The zero-order valence-corrected chi connectivity index (χ0v) is 24.8. The van der Waals surface area contributed by atoms with Crippen LogP contribution in [0.1, 0.15) is 66.9 Å². The highest BCUT2D eigenvalue weighted by Crippen LogP contribution is 2.26. The molecule has 0 atom stereocenters. The zero-order chi connectivity index (χ0) is 29.5. The Hall–Kier alpha value is -4.51. The van der Waals surface area contributed by atoms with E-state index in [2.05, 4.69) is 41.3 Å². The molecule has 2 fully saturated rings. The number of para-hydroxylation sites is 1. The van der Waals surface area contributed by atoms with E-state index in [4.69, 9.17) is 20.8 Å². The van der Waals surface area contributed by atoms with Gasteiger partial charge in [-0.05, 0) is 61.4 Å². The van der Waals surface area contributed by atoms with E-state index in [0.717, 1.165) is 85.2 Å². The molecule has 0 unspecified atom stereocenters. The molecule has 0 spiro atoms. The molecule has 43 heavy (non-hydrogen) atoms. The number of fused-ring (bicyclic) bond motifs is 2. The molecular weight excluding hydrogens is 540 g/mol. The van der Waals surface area contributed by atoms with Gasteiger partial charge in [-0.1, -0.05) is 32.0 Å². The summed E-state index contributed by atoms with van der Waals surface area (Å²) in [4.78, 5) is 27.0. The van der Waals surface area contributed by atoms with E-state index >= 15 is 0 Å². The summed E-state index contributed by atoms with van der Waals surface area (Å²) in [5.74, 6) is 1.73. The van der Waals surface area contributed by atoms with Gasteiger partial charge in [-0.3, -0.25) is 4.79 Å². The second kappa shape index (κ2) is 11.3. The van der Waals surface area contributed by atoms with Crippen LogP contribution in [-0.2, 0) is 6.54 Å². The second-order valence-electron chi connectivity index (χ2n) is 12.0. The number of likely N-dealkylation sites (tertiary alicyclic amines) is 1. The van der Waals surface area contributed by atoms with Gasteiger partial charge in [0, 0.05) is 61.5 Å². The smallest absolute Gasteiger partial charge is 0.253 e.